The highest BCUT2D eigenvalue weighted by atomic mass is 19.4. The van der Waals surface area contributed by atoms with Crippen LogP contribution >= 0.6 is 0 Å². The number of aromatic nitrogens is 2. The molecule has 2 aromatic rings. The third-order valence-corrected chi connectivity index (χ3v) is 2.71. The van der Waals surface area contributed by atoms with Crippen molar-refractivity contribution in [3.8, 4) is 0 Å². The van der Waals surface area contributed by atoms with Crippen molar-refractivity contribution in [3.63, 3.8) is 0 Å². The quantitative estimate of drug-likeness (QED) is 0.930. The molecule has 0 saturated carbocycles. The van der Waals surface area contributed by atoms with Gasteiger partial charge in [0.1, 0.15) is 0 Å². The number of hydrogen-bond acceptors (Lipinski definition) is 2. The molecule has 0 saturated heterocycles. The van der Waals surface area contributed by atoms with Crippen LogP contribution in [0.1, 0.15) is 16.7 Å². The van der Waals surface area contributed by atoms with Crippen molar-refractivity contribution >= 4 is 0 Å². The van der Waals surface area contributed by atoms with Crippen LogP contribution in [0.25, 0.3) is 0 Å². The number of aryl methyl sites for hydroxylation is 2. The van der Waals surface area contributed by atoms with E-state index in [1.165, 1.54) is 24.4 Å². The second-order valence-corrected chi connectivity index (χ2v) is 4.15. The lowest BCUT2D eigenvalue weighted by Crippen LogP contribution is -2.08. The lowest BCUT2D eigenvalue weighted by atomic mass is 10.0. The summed E-state index contributed by atoms with van der Waals surface area (Å²) >= 11 is 0. The molecule has 0 fully saturated rings. The fraction of sp³-hybridized carbons (Fsp3) is 0.231. The number of alkyl halides is 3. The minimum Gasteiger partial charge on any atom is -0.268 e. The fourth-order valence-electron chi connectivity index (χ4n) is 1.70. The zero-order chi connectivity index (χ0) is 13.9. The predicted octanol–water partition coefficient (Wildman–Crippen LogP) is 2.57. The summed E-state index contributed by atoms with van der Waals surface area (Å²) in [7, 11) is 0. The number of H-pyrrole nitrogens is 1. The van der Waals surface area contributed by atoms with E-state index in [2.05, 4.69) is 10.2 Å². The number of nitrogens with one attached hydrogen (secondary N) is 1. The molecule has 0 bridgehead atoms. The first-order chi connectivity index (χ1) is 8.95. The zero-order valence-corrected chi connectivity index (χ0v) is 9.87. The van der Waals surface area contributed by atoms with E-state index in [0.29, 0.717) is 12.8 Å². The van der Waals surface area contributed by atoms with Crippen molar-refractivity contribution in [1.29, 1.82) is 0 Å². The van der Waals surface area contributed by atoms with Gasteiger partial charge in [-0.05, 0) is 36.1 Å². The molecule has 0 amide bonds. The van der Waals surface area contributed by atoms with Crippen LogP contribution in [0.15, 0.2) is 41.3 Å². The summed E-state index contributed by atoms with van der Waals surface area (Å²) in [5.41, 5.74) is 0.593. The fourth-order valence-corrected chi connectivity index (χ4v) is 1.70. The summed E-state index contributed by atoms with van der Waals surface area (Å²) in [5.74, 6) is 0. The van der Waals surface area contributed by atoms with Gasteiger partial charge in [0.15, 0.2) is 0 Å². The minimum atomic E-state index is -4.31. The molecule has 1 N–H and O–H groups in total. The van der Waals surface area contributed by atoms with Crippen LogP contribution in [-0.2, 0) is 19.0 Å². The highest BCUT2D eigenvalue weighted by Crippen LogP contribution is 2.29. The van der Waals surface area contributed by atoms with Gasteiger partial charge < -0.3 is 0 Å². The second kappa shape index (κ2) is 5.26. The van der Waals surface area contributed by atoms with Crippen LogP contribution < -0.4 is 5.56 Å². The summed E-state index contributed by atoms with van der Waals surface area (Å²) in [6.07, 6.45) is -1.66. The summed E-state index contributed by atoms with van der Waals surface area (Å²) < 4.78 is 37.1. The van der Waals surface area contributed by atoms with E-state index >= 15 is 0 Å². The van der Waals surface area contributed by atoms with Gasteiger partial charge >= 0.3 is 6.18 Å². The van der Waals surface area contributed by atoms with Crippen molar-refractivity contribution in [1.82, 2.24) is 10.2 Å². The van der Waals surface area contributed by atoms with Crippen LogP contribution in [0.4, 0.5) is 13.2 Å². The SMILES string of the molecule is O=c1cc(CCc2ccc(C(F)(F)F)cc2)cn[nH]1. The smallest absolute Gasteiger partial charge is 0.268 e. The molecule has 0 aliphatic rings. The molecule has 0 aliphatic heterocycles. The number of rotatable bonds is 3. The topological polar surface area (TPSA) is 45.8 Å². The molecule has 0 aliphatic carbocycles. The Hall–Kier alpha value is -2.11. The Labute approximate surface area is 107 Å². The Balaban J connectivity index is 2.03. The Morgan fingerprint density at radius 1 is 1.05 bits per heavy atom. The van der Waals surface area contributed by atoms with Gasteiger partial charge in [0.05, 0.1) is 11.8 Å². The van der Waals surface area contributed by atoms with E-state index < -0.39 is 11.7 Å². The Morgan fingerprint density at radius 2 is 1.68 bits per heavy atom. The molecule has 1 aromatic carbocycles. The molecule has 3 nitrogen and oxygen atoms in total. The highest BCUT2D eigenvalue weighted by Gasteiger charge is 2.29. The predicted molar refractivity (Wildman–Crippen MR) is 63.7 cm³/mol. The summed E-state index contributed by atoms with van der Waals surface area (Å²) in [5, 5.41) is 5.92. The highest BCUT2D eigenvalue weighted by molar-refractivity contribution is 5.25. The van der Waals surface area contributed by atoms with E-state index in [0.717, 1.165) is 23.3 Å². The number of halogens is 3. The molecule has 19 heavy (non-hydrogen) atoms. The molecule has 0 atom stereocenters. The van der Waals surface area contributed by atoms with Gasteiger partial charge in [-0.3, -0.25) is 4.79 Å². The standard InChI is InChI=1S/C13H11F3N2O/c14-13(15,16)11-5-3-9(4-6-11)1-2-10-7-12(19)18-17-8-10/h3-8H,1-2H2,(H,18,19). The van der Waals surface area contributed by atoms with E-state index in [1.807, 2.05) is 0 Å². The van der Waals surface area contributed by atoms with Crippen molar-refractivity contribution in [3.05, 3.63) is 63.6 Å². The summed E-state index contributed by atoms with van der Waals surface area (Å²) in [6.45, 7) is 0. The van der Waals surface area contributed by atoms with Gasteiger partial charge in [-0.1, -0.05) is 12.1 Å². The van der Waals surface area contributed by atoms with E-state index in [4.69, 9.17) is 0 Å². The van der Waals surface area contributed by atoms with Gasteiger partial charge in [-0.25, -0.2) is 5.10 Å². The lowest BCUT2D eigenvalue weighted by Gasteiger charge is -2.07. The Bertz CT molecular complexity index is 602. The van der Waals surface area contributed by atoms with Gasteiger partial charge in [0.2, 0.25) is 0 Å². The summed E-state index contributed by atoms with van der Waals surface area (Å²) in [4.78, 5) is 11.0. The second-order valence-electron chi connectivity index (χ2n) is 4.15. The number of nitrogens with zero attached hydrogens (tertiary/aromatic N) is 1. The lowest BCUT2D eigenvalue weighted by molar-refractivity contribution is -0.137. The molecule has 2 rings (SSSR count). The molecular weight excluding hydrogens is 257 g/mol. The molecule has 1 aromatic heterocycles. The zero-order valence-electron chi connectivity index (χ0n) is 9.87. The first-order valence-corrected chi connectivity index (χ1v) is 5.65. The molecule has 0 spiro atoms. The van der Waals surface area contributed by atoms with Crippen LogP contribution in [0.2, 0.25) is 0 Å². The van der Waals surface area contributed by atoms with Gasteiger partial charge in [0, 0.05) is 6.07 Å². The van der Waals surface area contributed by atoms with Crippen molar-refractivity contribution in [2.75, 3.05) is 0 Å². The molecule has 1 heterocycles. The van der Waals surface area contributed by atoms with Crippen molar-refractivity contribution < 1.29 is 13.2 Å². The molecule has 6 heteroatoms. The van der Waals surface area contributed by atoms with Crippen LogP contribution in [0, 0.1) is 0 Å². The van der Waals surface area contributed by atoms with Gasteiger partial charge in [-0.15, -0.1) is 0 Å². The third-order valence-electron chi connectivity index (χ3n) is 2.71. The number of aromatic amines is 1. The Morgan fingerprint density at radius 3 is 2.26 bits per heavy atom. The number of benzene rings is 1. The summed E-state index contributed by atoms with van der Waals surface area (Å²) in [6, 6.07) is 6.45. The van der Waals surface area contributed by atoms with Crippen LogP contribution in [0.5, 0.6) is 0 Å². The van der Waals surface area contributed by atoms with Crippen LogP contribution in [0.3, 0.4) is 0 Å². The van der Waals surface area contributed by atoms with Crippen LogP contribution in [-0.4, -0.2) is 10.2 Å². The average molecular weight is 268 g/mol. The van der Waals surface area contributed by atoms with E-state index in [1.54, 1.807) is 0 Å². The first kappa shape index (κ1) is 13.3. The monoisotopic (exact) mass is 268 g/mol. The maximum absolute atomic E-state index is 12.4. The van der Waals surface area contributed by atoms with E-state index in [-0.39, 0.29) is 5.56 Å². The average Bonchev–Trinajstić information content (AvgIpc) is 2.36. The maximum Gasteiger partial charge on any atom is 0.416 e. The van der Waals surface area contributed by atoms with E-state index in [9.17, 15) is 18.0 Å². The normalized spacial score (nSPS) is 11.5. The number of hydrogen-bond donors (Lipinski definition) is 1. The maximum atomic E-state index is 12.4. The van der Waals surface area contributed by atoms with Crippen molar-refractivity contribution in [2.24, 2.45) is 0 Å². The first-order valence-electron chi connectivity index (χ1n) is 5.65. The molecule has 100 valence electrons. The molecule has 0 radical (unpaired) electrons. The van der Waals surface area contributed by atoms with Gasteiger partial charge in [-0.2, -0.15) is 18.3 Å². The molecular formula is C13H11F3N2O. The van der Waals surface area contributed by atoms with Crippen molar-refractivity contribution in [2.45, 2.75) is 19.0 Å². The van der Waals surface area contributed by atoms with Gasteiger partial charge in [0.25, 0.3) is 5.56 Å². The minimum absolute atomic E-state index is 0.287. The Kier molecular flexibility index (Phi) is 3.69. The largest absolute Gasteiger partial charge is 0.416 e. The molecule has 0 unspecified atom stereocenters. The third kappa shape index (κ3) is 3.67.